The van der Waals surface area contributed by atoms with Gasteiger partial charge in [-0.15, -0.1) is 0 Å². The molecule has 0 N–H and O–H groups in total. The number of rotatable bonds is 5. The smallest absolute Gasteiger partial charge is 0.419 e. The summed E-state index contributed by atoms with van der Waals surface area (Å²) in [6, 6.07) is 0.975. The van der Waals surface area contributed by atoms with Crippen LogP contribution in [0.2, 0.25) is 0 Å². The topological polar surface area (TPSA) is 42.4 Å². The van der Waals surface area contributed by atoms with Crippen LogP contribution >= 0.6 is 15.9 Å². The SMILES string of the molecule is CCN(CCC(=O)OC)c1ncc(Br)cc1C(F)(F)F. The van der Waals surface area contributed by atoms with Crippen molar-refractivity contribution in [1.82, 2.24) is 4.98 Å². The first-order valence-electron chi connectivity index (χ1n) is 5.84. The van der Waals surface area contributed by atoms with Crippen LogP contribution in [0.25, 0.3) is 0 Å². The molecule has 0 spiro atoms. The zero-order valence-corrected chi connectivity index (χ0v) is 12.6. The molecule has 0 saturated heterocycles. The van der Waals surface area contributed by atoms with Crippen molar-refractivity contribution in [2.45, 2.75) is 19.5 Å². The molecule has 1 aromatic rings. The summed E-state index contributed by atoms with van der Waals surface area (Å²) in [4.78, 5) is 16.3. The standard InChI is InChI=1S/C12H14BrF3N2O2/c1-3-18(5-4-10(19)20-2)11-9(12(14,15)16)6-8(13)7-17-11/h6-7H,3-5H2,1-2H3. The zero-order chi connectivity index (χ0) is 15.3. The van der Waals surface area contributed by atoms with Gasteiger partial charge in [-0.2, -0.15) is 13.2 Å². The molecule has 8 heteroatoms. The fraction of sp³-hybridized carbons (Fsp3) is 0.500. The summed E-state index contributed by atoms with van der Waals surface area (Å²) in [7, 11) is 1.23. The molecule has 0 amide bonds. The Morgan fingerprint density at radius 2 is 2.15 bits per heavy atom. The van der Waals surface area contributed by atoms with Crippen LogP contribution in [0.5, 0.6) is 0 Å². The number of carbonyl (C=O) groups excluding carboxylic acids is 1. The van der Waals surface area contributed by atoms with E-state index in [2.05, 4.69) is 25.7 Å². The van der Waals surface area contributed by atoms with Crippen LogP contribution in [0, 0.1) is 0 Å². The van der Waals surface area contributed by atoms with Crippen LogP contribution in [0.4, 0.5) is 19.0 Å². The number of carbonyl (C=O) groups is 1. The van der Waals surface area contributed by atoms with Gasteiger partial charge < -0.3 is 9.64 Å². The quantitative estimate of drug-likeness (QED) is 0.761. The predicted octanol–water partition coefficient (Wildman–Crippen LogP) is 3.25. The van der Waals surface area contributed by atoms with Gasteiger partial charge in [0.05, 0.1) is 19.1 Å². The van der Waals surface area contributed by atoms with E-state index in [0.717, 1.165) is 6.07 Å². The third-order valence-electron chi connectivity index (χ3n) is 2.63. The van der Waals surface area contributed by atoms with E-state index in [1.165, 1.54) is 18.2 Å². The van der Waals surface area contributed by atoms with Crippen LogP contribution in [-0.4, -0.2) is 31.2 Å². The lowest BCUT2D eigenvalue weighted by Gasteiger charge is -2.24. The lowest BCUT2D eigenvalue weighted by Crippen LogP contribution is -2.29. The van der Waals surface area contributed by atoms with E-state index < -0.39 is 17.7 Å². The minimum Gasteiger partial charge on any atom is -0.469 e. The van der Waals surface area contributed by atoms with E-state index in [9.17, 15) is 18.0 Å². The summed E-state index contributed by atoms with van der Waals surface area (Å²) in [5.74, 6) is -0.666. The third kappa shape index (κ3) is 4.36. The summed E-state index contributed by atoms with van der Waals surface area (Å²) in [6.45, 7) is 2.11. The van der Waals surface area contributed by atoms with Crippen molar-refractivity contribution in [1.29, 1.82) is 0 Å². The van der Waals surface area contributed by atoms with E-state index in [4.69, 9.17) is 0 Å². The summed E-state index contributed by atoms with van der Waals surface area (Å²) in [5.41, 5.74) is -0.835. The molecule has 112 valence electrons. The van der Waals surface area contributed by atoms with Crippen LogP contribution < -0.4 is 4.90 Å². The molecule has 4 nitrogen and oxygen atoms in total. The molecule has 1 rings (SSSR count). The Morgan fingerprint density at radius 3 is 2.65 bits per heavy atom. The normalized spacial score (nSPS) is 11.3. The molecule has 0 aromatic carbocycles. The highest BCUT2D eigenvalue weighted by Gasteiger charge is 2.36. The molecule has 0 bridgehead atoms. The number of esters is 1. The van der Waals surface area contributed by atoms with Crippen molar-refractivity contribution < 1.29 is 22.7 Å². The summed E-state index contributed by atoms with van der Waals surface area (Å²) < 4.78 is 43.8. The average Bonchev–Trinajstić information content (AvgIpc) is 2.39. The fourth-order valence-electron chi connectivity index (χ4n) is 1.63. The summed E-state index contributed by atoms with van der Waals surface area (Å²) in [6.07, 6.45) is -3.21. The predicted molar refractivity (Wildman–Crippen MR) is 71.5 cm³/mol. The monoisotopic (exact) mass is 354 g/mol. The first-order chi connectivity index (χ1) is 9.29. The minimum absolute atomic E-state index is 0.000614. The van der Waals surface area contributed by atoms with Crippen LogP contribution in [0.15, 0.2) is 16.7 Å². The van der Waals surface area contributed by atoms with Crippen molar-refractivity contribution in [3.63, 3.8) is 0 Å². The second kappa shape index (κ2) is 6.92. The van der Waals surface area contributed by atoms with E-state index in [1.54, 1.807) is 6.92 Å². The van der Waals surface area contributed by atoms with Crippen LogP contribution in [-0.2, 0) is 15.7 Å². The molecule has 0 fully saturated rings. The number of nitrogens with zero attached hydrogens (tertiary/aromatic N) is 2. The van der Waals surface area contributed by atoms with Crippen LogP contribution in [0.1, 0.15) is 18.9 Å². The molecule has 0 atom stereocenters. The second-order valence-electron chi connectivity index (χ2n) is 3.93. The number of pyridine rings is 1. The van der Waals surface area contributed by atoms with Crippen LogP contribution in [0.3, 0.4) is 0 Å². The second-order valence-corrected chi connectivity index (χ2v) is 4.84. The lowest BCUT2D eigenvalue weighted by atomic mass is 10.2. The number of halogens is 4. The van der Waals surface area contributed by atoms with Gasteiger partial charge in [0.15, 0.2) is 0 Å². The highest BCUT2D eigenvalue weighted by molar-refractivity contribution is 9.10. The van der Waals surface area contributed by atoms with Gasteiger partial charge in [-0.3, -0.25) is 4.79 Å². The Bertz CT molecular complexity index is 480. The molecule has 0 aliphatic carbocycles. The molecule has 0 aliphatic heterocycles. The van der Waals surface area contributed by atoms with E-state index in [1.807, 2.05) is 0 Å². The first kappa shape index (κ1) is 16.7. The highest BCUT2D eigenvalue weighted by Crippen LogP contribution is 2.36. The number of anilines is 1. The van der Waals surface area contributed by atoms with Crippen molar-refractivity contribution in [2.24, 2.45) is 0 Å². The number of hydrogen-bond acceptors (Lipinski definition) is 4. The molecule has 0 unspecified atom stereocenters. The summed E-state index contributed by atoms with van der Waals surface area (Å²) >= 11 is 2.98. The number of methoxy groups -OCH3 is 1. The van der Waals surface area contributed by atoms with Gasteiger partial charge >= 0.3 is 12.1 Å². The van der Waals surface area contributed by atoms with Gasteiger partial charge in [-0.25, -0.2) is 4.98 Å². The summed E-state index contributed by atoms with van der Waals surface area (Å²) in [5, 5.41) is 0. The Labute approximate surface area is 123 Å². The van der Waals surface area contributed by atoms with Gasteiger partial charge in [0.2, 0.25) is 0 Å². The molecular formula is C12H14BrF3N2O2. The molecule has 1 heterocycles. The first-order valence-corrected chi connectivity index (χ1v) is 6.63. The van der Waals surface area contributed by atoms with E-state index in [-0.39, 0.29) is 23.3 Å². The largest absolute Gasteiger partial charge is 0.469 e. The number of alkyl halides is 3. The Morgan fingerprint density at radius 1 is 1.50 bits per heavy atom. The average molecular weight is 355 g/mol. The Balaban J connectivity index is 3.06. The van der Waals surface area contributed by atoms with E-state index >= 15 is 0 Å². The highest BCUT2D eigenvalue weighted by atomic mass is 79.9. The lowest BCUT2D eigenvalue weighted by molar-refractivity contribution is -0.140. The molecule has 0 radical (unpaired) electrons. The third-order valence-corrected chi connectivity index (χ3v) is 3.07. The molecule has 0 saturated carbocycles. The maximum Gasteiger partial charge on any atom is 0.419 e. The van der Waals surface area contributed by atoms with Crippen molar-refractivity contribution in [3.05, 3.63) is 22.3 Å². The molecule has 1 aromatic heterocycles. The van der Waals surface area contributed by atoms with Gasteiger partial charge in [0.1, 0.15) is 5.82 Å². The Hall–Kier alpha value is -1.31. The van der Waals surface area contributed by atoms with Gasteiger partial charge in [-0.1, -0.05) is 0 Å². The van der Waals surface area contributed by atoms with Crippen molar-refractivity contribution in [3.8, 4) is 0 Å². The zero-order valence-electron chi connectivity index (χ0n) is 11.0. The number of hydrogen-bond donors (Lipinski definition) is 0. The number of ether oxygens (including phenoxy) is 1. The molecule has 20 heavy (non-hydrogen) atoms. The maximum absolute atomic E-state index is 13.0. The van der Waals surface area contributed by atoms with E-state index in [0.29, 0.717) is 6.54 Å². The van der Waals surface area contributed by atoms with Gasteiger partial charge in [0.25, 0.3) is 0 Å². The van der Waals surface area contributed by atoms with Crippen molar-refractivity contribution >= 4 is 27.7 Å². The molecular weight excluding hydrogens is 341 g/mol. The number of aromatic nitrogens is 1. The Kier molecular flexibility index (Phi) is 5.79. The minimum atomic E-state index is -4.51. The van der Waals surface area contributed by atoms with Crippen molar-refractivity contribution in [2.75, 3.05) is 25.1 Å². The molecule has 0 aliphatic rings. The maximum atomic E-state index is 13.0. The van der Waals surface area contributed by atoms with Gasteiger partial charge in [0, 0.05) is 23.8 Å². The van der Waals surface area contributed by atoms with Gasteiger partial charge in [-0.05, 0) is 28.9 Å². The fourth-order valence-corrected chi connectivity index (χ4v) is 1.97.